The first-order valence-electron chi connectivity index (χ1n) is 10.8. The summed E-state index contributed by atoms with van der Waals surface area (Å²) in [6.45, 7) is 0. The molecule has 11 nitrogen and oxygen atoms in total. The number of aromatic nitrogens is 4. The van der Waals surface area contributed by atoms with Gasteiger partial charge in [-0.05, 0) is 24.3 Å². The van der Waals surface area contributed by atoms with Gasteiger partial charge in [0, 0.05) is 14.1 Å². The predicted molar refractivity (Wildman–Crippen MR) is 138 cm³/mol. The highest BCUT2D eigenvalue weighted by molar-refractivity contribution is 6.35. The van der Waals surface area contributed by atoms with Crippen molar-refractivity contribution in [2.24, 2.45) is 0 Å². The summed E-state index contributed by atoms with van der Waals surface area (Å²) in [7, 11) is 3.22. The zero-order valence-corrected chi connectivity index (χ0v) is 20.2. The van der Waals surface area contributed by atoms with Crippen molar-refractivity contribution in [3.63, 3.8) is 0 Å². The normalized spacial score (nSPS) is 11.6. The van der Waals surface area contributed by atoms with Gasteiger partial charge in [0.15, 0.2) is 5.82 Å². The van der Waals surface area contributed by atoms with Gasteiger partial charge in [0.1, 0.15) is 23.3 Å². The monoisotopic (exact) mass is 503 g/mol. The maximum Gasteiger partial charge on any atom is 0.267 e. The maximum atomic E-state index is 13.8. The fraction of sp³-hybridized carbons (Fsp3) is 0.167. The highest BCUT2D eigenvalue weighted by Crippen LogP contribution is 2.29. The Hall–Kier alpha value is -4.69. The first-order valence-corrected chi connectivity index (χ1v) is 11.2. The number of para-hydroxylation sites is 1. The second-order valence-electron chi connectivity index (χ2n) is 8.07. The second-order valence-corrected chi connectivity index (χ2v) is 8.48. The molecular formula is C24H22ClN9O2. The van der Waals surface area contributed by atoms with Crippen LogP contribution >= 0.6 is 11.6 Å². The molecule has 0 fully saturated rings. The van der Waals surface area contributed by atoms with E-state index in [-0.39, 0.29) is 51.7 Å². The molecule has 12 heteroatoms. The van der Waals surface area contributed by atoms with Crippen molar-refractivity contribution >= 4 is 46.0 Å². The molecule has 2 aromatic carbocycles. The molecule has 0 radical (unpaired) electrons. The topological polar surface area (TPSA) is 169 Å². The Kier molecular flexibility index (Phi) is 6.71. The lowest BCUT2D eigenvalue weighted by Crippen LogP contribution is -2.32. The Morgan fingerprint density at radius 2 is 1.86 bits per heavy atom. The second kappa shape index (κ2) is 9.89. The fourth-order valence-corrected chi connectivity index (χ4v) is 3.96. The molecule has 2 heterocycles. The molecular weight excluding hydrogens is 482 g/mol. The minimum absolute atomic E-state index is 0.0131. The Bertz CT molecular complexity index is 1560. The van der Waals surface area contributed by atoms with Crippen molar-refractivity contribution in [1.82, 2.24) is 24.4 Å². The van der Waals surface area contributed by atoms with E-state index in [1.54, 1.807) is 56.6 Å². The molecule has 0 spiro atoms. The fourth-order valence-electron chi connectivity index (χ4n) is 3.71. The van der Waals surface area contributed by atoms with Crippen molar-refractivity contribution in [2.45, 2.75) is 12.5 Å². The van der Waals surface area contributed by atoms with Crippen molar-refractivity contribution in [1.29, 1.82) is 5.26 Å². The van der Waals surface area contributed by atoms with Gasteiger partial charge in [-0.15, -0.1) is 0 Å². The molecule has 2 aromatic heterocycles. The first-order chi connectivity index (χ1) is 17.2. The lowest BCUT2D eigenvalue weighted by atomic mass is 10.1. The zero-order valence-electron chi connectivity index (χ0n) is 19.4. The number of nitrogen functional groups attached to an aromatic ring is 2. The SMILES string of the molecule is CN(C)C(=O)CC(Nc1nc(N)nc(N)c1C#N)c1nc2cccc(Cl)c2c(=O)n1-c1ccccc1. The number of halogens is 1. The van der Waals surface area contributed by atoms with Crippen LogP contribution in [-0.2, 0) is 4.79 Å². The van der Waals surface area contributed by atoms with Gasteiger partial charge in [0.05, 0.1) is 34.1 Å². The zero-order chi connectivity index (χ0) is 26.0. The van der Waals surface area contributed by atoms with Crippen LogP contribution in [0.25, 0.3) is 16.6 Å². The van der Waals surface area contributed by atoms with Gasteiger partial charge < -0.3 is 21.7 Å². The summed E-state index contributed by atoms with van der Waals surface area (Å²) in [5.41, 5.74) is 12.0. The average molecular weight is 504 g/mol. The smallest absolute Gasteiger partial charge is 0.267 e. The van der Waals surface area contributed by atoms with Gasteiger partial charge in [0.25, 0.3) is 5.56 Å². The van der Waals surface area contributed by atoms with Crippen LogP contribution in [-0.4, -0.2) is 44.4 Å². The predicted octanol–water partition coefficient (Wildman–Crippen LogP) is 2.50. The highest BCUT2D eigenvalue weighted by Gasteiger charge is 2.27. The lowest BCUT2D eigenvalue weighted by molar-refractivity contribution is -0.129. The number of carbonyl (C=O) groups is 1. The van der Waals surface area contributed by atoms with Crippen LogP contribution in [0, 0.1) is 11.3 Å². The third-order valence-corrected chi connectivity index (χ3v) is 5.77. The van der Waals surface area contributed by atoms with E-state index in [2.05, 4.69) is 15.3 Å². The summed E-state index contributed by atoms with van der Waals surface area (Å²) in [4.78, 5) is 40.7. The van der Waals surface area contributed by atoms with Crippen LogP contribution in [0.5, 0.6) is 0 Å². The molecule has 1 atom stereocenters. The van der Waals surface area contributed by atoms with Gasteiger partial charge in [0.2, 0.25) is 11.9 Å². The number of anilines is 3. The number of hydrogen-bond donors (Lipinski definition) is 3. The summed E-state index contributed by atoms with van der Waals surface area (Å²) in [5, 5.41) is 13.2. The minimum atomic E-state index is -0.919. The van der Waals surface area contributed by atoms with Crippen LogP contribution in [0.4, 0.5) is 17.6 Å². The molecule has 36 heavy (non-hydrogen) atoms. The standard InChI is InChI=1S/C24H22ClN9O2/c1-33(2)18(35)11-17(29-21-14(12-26)20(27)31-24(28)32-21)22-30-16-10-6-9-15(25)19(16)23(36)34(22)13-7-4-3-5-8-13/h3-10,17H,11H2,1-2H3,(H5,27,28,29,31,32). The quantitative estimate of drug-likeness (QED) is 0.357. The van der Waals surface area contributed by atoms with E-state index in [1.165, 1.54) is 9.47 Å². The van der Waals surface area contributed by atoms with E-state index in [1.807, 2.05) is 12.1 Å². The number of benzene rings is 2. The molecule has 5 N–H and O–H groups in total. The number of nitrogens with two attached hydrogens (primary N) is 2. The van der Waals surface area contributed by atoms with E-state index in [0.717, 1.165) is 0 Å². The number of fused-ring (bicyclic) bond motifs is 1. The highest BCUT2D eigenvalue weighted by atomic mass is 35.5. The summed E-state index contributed by atoms with van der Waals surface area (Å²) in [6.07, 6.45) is -0.132. The van der Waals surface area contributed by atoms with Gasteiger partial charge >= 0.3 is 0 Å². The molecule has 4 aromatic rings. The molecule has 1 amide bonds. The van der Waals surface area contributed by atoms with E-state index >= 15 is 0 Å². The van der Waals surface area contributed by atoms with E-state index in [0.29, 0.717) is 11.2 Å². The number of carbonyl (C=O) groups excluding carboxylic acids is 1. The Balaban J connectivity index is 2.02. The van der Waals surface area contributed by atoms with Gasteiger partial charge in [-0.1, -0.05) is 35.9 Å². The third-order valence-electron chi connectivity index (χ3n) is 5.45. The molecule has 0 saturated heterocycles. The largest absolute Gasteiger partial charge is 0.382 e. The number of nitriles is 1. The molecule has 182 valence electrons. The number of amides is 1. The Labute approximate surface area is 211 Å². The number of rotatable bonds is 6. The number of nitrogens with one attached hydrogen (secondary N) is 1. The van der Waals surface area contributed by atoms with E-state index in [9.17, 15) is 14.9 Å². The van der Waals surface area contributed by atoms with E-state index < -0.39 is 11.6 Å². The van der Waals surface area contributed by atoms with Crippen molar-refractivity contribution in [3.05, 3.63) is 75.3 Å². The third kappa shape index (κ3) is 4.62. The van der Waals surface area contributed by atoms with E-state index in [4.69, 9.17) is 28.1 Å². The molecule has 0 saturated carbocycles. The lowest BCUT2D eigenvalue weighted by Gasteiger charge is -2.24. The summed E-state index contributed by atoms with van der Waals surface area (Å²) >= 11 is 6.37. The maximum absolute atomic E-state index is 13.8. The summed E-state index contributed by atoms with van der Waals surface area (Å²) in [6, 6.07) is 14.8. The Morgan fingerprint density at radius 1 is 1.14 bits per heavy atom. The minimum Gasteiger partial charge on any atom is -0.382 e. The number of hydrogen-bond acceptors (Lipinski definition) is 9. The van der Waals surface area contributed by atoms with Crippen molar-refractivity contribution < 1.29 is 4.79 Å². The molecule has 0 aliphatic carbocycles. The number of nitrogens with zero attached hydrogens (tertiary/aromatic N) is 6. The van der Waals surface area contributed by atoms with Gasteiger partial charge in [-0.25, -0.2) is 4.98 Å². The molecule has 4 rings (SSSR count). The first kappa shape index (κ1) is 24.4. The van der Waals surface area contributed by atoms with Crippen LogP contribution in [0.3, 0.4) is 0 Å². The molecule has 0 bridgehead atoms. The summed E-state index contributed by atoms with van der Waals surface area (Å²) < 4.78 is 1.38. The van der Waals surface area contributed by atoms with Crippen molar-refractivity contribution in [2.75, 3.05) is 30.9 Å². The van der Waals surface area contributed by atoms with Crippen LogP contribution in [0.15, 0.2) is 53.3 Å². The van der Waals surface area contributed by atoms with Crippen molar-refractivity contribution in [3.8, 4) is 11.8 Å². The molecule has 0 aliphatic rings. The molecule has 1 unspecified atom stereocenters. The van der Waals surface area contributed by atoms with Crippen LogP contribution in [0.2, 0.25) is 5.02 Å². The van der Waals surface area contributed by atoms with Gasteiger partial charge in [-0.2, -0.15) is 15.2 Å². The summed E-state index contributed by atoms with van der Waals surface area (Å²) in [5.74, 6) is -0.328. The Morgan fingerprint density at radius 3 is 2.53 bits per heavy atom. The van der Waals surface area contributed by atoms with Crippen LogP contribution in [0.1, 0.15) is 23.9 Å². The van der Waals surface area contributed by atoms with Gasteiger partial charge in [-0.3, -0.25) is 14.2 Å². The van der Waals surface area contributed by atoms with Crippen LogP contribution < -0.4 is 22.3 Å². The average Bonchev–Trinajstić information content (AvgIpc) is 2.83. The molecule has 0 aliphatic heterocycles.